The van der Waals surface area contributed by atoms with Gasteiger partial charge in [-0.1, -0.05) is 84.8 Å². The Hall–Kier alpha value is -5.38. The summed E-state index contributed by atoms with van der Waals surface area (Å²) in [6.07, 6.45) is -6.53. The van der Waals surface area contributed by atoms with Crippen LogP contribution in [0.15, 0.2) is 24.3 Å². The van der Waals surface area contributed by atoms with Gasteiger partial charge in [0.05, 0.1) is 43.4 Å². The fraction of sp³-hybridized carbons (Fsp3) is 0.741. The standard InChI is InChI=1S/C54H90N8O17/c1-7-29(2)24-30(3)14-12-10-8-9-11-13-15-43(71)57-37(26-41(69)52(79-23-21-55)60-51(76)46-39(67)20-22-61(46)53(77)31(4)40(68)27-42(56)70)49(74)59-45(33(6)64)54(78)62-28-36(66)25-38(62)50(75)58-44(32(5)63)48(73)47(72)34-16-18-35(65)19-17-34/h16-19,29-31,33,36-41,44-48,52,64-69,72-73H,7-15,20-28,55H2,1-6H3,(H2,56,70)(H,57,71)(H,58,75)(H,59,74)(H,60,76)/t29-,30+,31-,33+,36+,37-,38-,39-,40+,41+,44+,45-,46-,47-,48-,52+/m0/s1. The van der Waals surface area contributed by atoms with Crippen molar-refractivity contribution in [2.24, 2.45) is 29.2 Å². The Balaban J connectivity index is 1.86. The third-order valence-electron chi connectivity index (χ3n) is 14.9. The average molecular weight is 1120 g/mol. The average Bonchev–Trinajstić information content (AvgIpc) is 4.04. The second-order valence-electron chi connectivity index (χ2n) is 21.6. The molecule has 3 rings (SSSR count). The molecule has 25 heteroatoms. The lowest BCUT2D eigenvalue weighted by Crippen LogP contribution is -2.61. The number of ether oxygens (including phenoxy) is 1. The molecule has 0 radical (unpaired) electrons. The van der Waals surface area contributed by atoms with E-state index in [1.54, 1.807) is 0 Å². The van der Waals surface area contributed by atoms with E-state index in [9.17, 15) is 79.2 Å². The van der Waals surface area contributed by atoms with Gasteiger partial charge in [-0.2, -0.15) is 0 Å². The molecule has 0 bridgehead atoms. The first-order chi connectivity index (χ1) is 37.2. The number of likely N-dealkylation sites (tertiary alicyclic amines) is 2. The first-order valence-corrected chi connectivity index (χ1v) is 27.7. The zero-order valence-corrected chi connectivity index (χ0v) is 46.6. The molecule has 79 heavy (non-hydrogen) atoms. The number of unbranched alkanes of at least 4 members (excludes halogenated alkanes) is 5. The molecule has 16 N–H and O–H groups in total. The minimum Gasteiger partial charge on any atom is -0.508 e. The number of aliphatic hydroxyl groups is 7. The summed E-state index contributed by atoms with van der Waals surface area (Å²) in [6, 6.07) is -3.42. The summed E-state index contributed by atoms with van der Waals surface area (Å²) >= 11 is 0. The van der Waals surface area contributed by atoms with Crippen molar-refractivity contribution in [1.29, 1.82) is 0 Å². The van der Waals surface area contributed by atoms with Crippen LogP contribution >= 0.6 is 0 Å². The number of aliphatic hydroxyl groups excluding tert-OH is 7. The Bertz CT molecular complexity index is 2140. The molecular formula is C54H90N8O17. The number of nitrogens with one attached hydrogen (secondary N) is 4. The number of nitrogens with two attached hydrogens (primary N) is 2. The number of aromatic hydroxyl groups is 1. The number of phenolic OH excluding ortho intramolecular Hbond substituents is 1. The number of amides is 7. The molecule has 1 aromatic rings. The molecule has 448 valence electrons. The van der Waals surface area contributed by atoms with Crippen LogP contribution in [0, 0.1) is 17.8 Å². The smallest absolute Gasteiger partial charge is 0.248 e. The maximum atomic E-state index is 14.4. The lowest BCUT2D eigenvalue weighted by Gasteiger charge is -2.33. The monoisotopic (exact) mass is 1120 g/mol. The van der Waals surface area contributed by atoms with Crippen LogP contribution in [0.5, 0.6) is 5.75 Å². The number of nitrogens with zero attached hydrogens (tertiary/aromatic N) is 2. The lowest BCUT2D eigenvalue weighted by atomic mass is 9.91. The fourth-order valence-corrected chi connectivity index (χ4v) is 9.99. The van der Waals surface area contributed by atoms with Gasteiger partial charge in [-0.3, -0.25) is 38.4 Å². The van der Waals surface area contributed by atoms with Crippen LogP contribution in [0.4, 0.5) is 0 Å². The van der Waals surface area contributed by atoms with E-state index >= 15 is 0 Å². The van der Waals surface area contributed by atoms with E-state index in [1.165, 1.54) is 37.6 Å². The van der Waals surface area contributed by atoms with Crippen LogP contribution in [-0.2, 0) is 43.1 Å². The van der Waals surface area contributed by atoms with Crippen molar-refractivity contribution in [3.05, 3.63) is 29.8 Å². The van der Waals surface area contributed by atoms with Crippen LogP contribution in [0.25, 0.3) is 0 Å². The van der Waals surface area contributed by atoms with Gasteiger partial charge >= 0.3 is 0 Å². The maximum Gasteiger partial charge on any atom is 0.248 e. The SMILES string of the molecule is CC[C@H](C)C[C@H](C)CCCCCCCCC(=O)N[C@@H](C[C@@H](O)[C@H](NC(=O)[C@@H]1[C@@H](O)CCN1C(=O)[C@@H](C)[C@H](O)CC(N)=O)OCCN)C(=O)N[C@H](C(=O)N1C[C@H](O)C[C@H]1C(=O)N[C@H](C(C)=O)[C@H](O)[C@@H](O)c1ccc(O)cc1)[C@@H](C)O. The van der Waals surface area contributed by atoms with E-state index < -0.39 is 158 Å². The first kappa shape index (κ1) is 67.9. The number of phenols is 1. The minimum absolute atomic E-state index is 0.0607. The van der Waals surface area contributed by atoms with Gasteiger partial charge in [-0.15, -0.1) is 0 Å². The number of hydrogen-bond acceptors (Lipinski definition) is 18. The Morgan fingerprint density at radius 2 is 1.39 bits per heavy atom. The largest absolute Gasteiger partial charge is 0.508 e. The van der Waals surface area contributed by atoms with Crippen molar-refractivity contribution < 1.29 is 83.9 Å². The van der Waals surface area contributed by atoms with E-state index in [-0.39, 0.29) is 43.9 Å². The van der Waals surface area contributed by atoms with Crippen molar-refractivity contribution in [3.63, 3.8) is 0 Å². The van der Waals surface area contributed by atoms with Crippen molar-refractivity contribution in [3.8, 4) is 5.75 Å². The summed E-state index contributed by atoms with van der Waals surface area (Å²) < 4.78 is 5.70. The zero-order valence-electron chi connectivity index (χ0n) is 46.6. The summed E-state index contributed by atoms with van der Waals surface area (Å²) in [4.78, 5) is 110. The first-order valence-electron chi connectivity index (χ1n) is 27.7. The maximum absolute atomic E-state index is 14.4. The van der Waals surface area contributed by atoms with Crippen molar-refractivity contribution >= 4 is 47.1 Å². The molecule has 25 nitrogen and oxygen atoms in total. The van der Waals surface area contributed by atoms with Crippen LogP contribution in [0.2, 0.25) is 0 Å². The lowest BCUT2D eigenvalue weighted by molar-refractivity contribution is -0.149. The van der Waals surface area contributed by atoms with E-state index in [0.717, 1.165) is 62.2 Å². The number of carbonyl (C=O) groups is 8. The predicted octanol–water partition coefficient (Wildman–Crippen LogP) is -1.63. The molecule has 0 aromatic heterocycles. The van der Waals surface area contributed by atoms with Crippen LogP contribution in [-0.4, -0.2) is 197 Å². The van der Waals surface area contributed by atoms with Gasteiger partial charge in [0.15, 0.2) is 12.0 Å². The topological polar surface area (TPSA) is 414 Å². The molecule has 2 aliphatic rings. The van der Waals surface area contributed by atoms with E-state index in [4.69, 9.17) is 16.2 Å². The molecule has 0 saturated carbocycles. The van der Waals surface area contributed by atoms with Gasteiger partial charge in [0.2, 0.25) is 41.4 Å². The molecular weight excluding hydrogens is 1030 g/mol. The van der Waals surface area contributed by atoms with Gasteiger partial charge in [0.1, 0.15) is 54.3 Å². The van der Waals surface area contributed by atoms with Crippen molar-refractivity contribution in [2.45, 2.75) is 211 Å². The highest BCUT2D eigenvalue weighted by molar-refractivity contribution is 5.96. The second kappa shape index (κ2) is 33.4. The Morgan fingerprint density at radius 1 is 0.759 bits per heavy atom. The second-order valence-corrected chi connectivity index (χ2v) is 21.6. The van der Waals surface area contributed by atoms with Gasteiger partial charge in [-0.25, -0.2) is 0 Å². The summed E-state index contributed by atoms with van der Waals surface area (Å²) in [5, 5.41) is 96.2. The molecule has 0 unspecified atom stereocenters. The molecule has 0 spiro atoms. The van der Waals surface area contributed by atoms with Gasteiger partial charge in [0, 0.05) is 38.9 Å². The third-order valence-corrected chi connectivity index (χ3v) is 14.9. The van der Waals surface area contributed by atoms with Crippen LogP contribution < -0.4 is 32.7 Å². The number of benzene rings is 1. The van der Waals surface area contributed by atoms with Crippen LogP contribution in [0.1, 0.15) is 143 Å². The highest BCUT2D eigenvalue weighted by Crippen LogP contribution is 2.27. The number of rotatable bonds is 35. The molecule has 16 atom stereocenters. The Morgan fingerprint density at radius 3 is 1.99 bits per heavy atom. The highest BCUT2D eigenvalue weighted by Gasteiger charge is 2.47. The highest BCUT2D eigenvalue weighted by atomic mass is 16.5. The number of primary amides is 1. The molecule has 2 fully saturated rings. The fourth-order valence-electron chi connectivity index (χ4n) is 9.99. The van der Waals surface area contributed by atoms with Gasteiger partial charge < -0.3 is 88.1 Å². The Kier molecular flexibility index (Phi) is 28.7. The molecule has 2 saturated heterocycles. The van der Waals surface area contributed by atoms with Gasteiger partial charge in [0.25, 0.3) is 0 Å². The minimum atomic E-state index is -1.93. The van der Waals surface area contributed by atoms with E-state index in [1.807, 2.05) is 0 Å². The normalized spacial score (nSPS) is 21.9. The summed E-state index contributed by atoms with van der Waals surface area (Å²) in [7, 11) is 0. The number of β-amino-alcohol motifs (C(OH)–C–C–N with tert-alkyl or cyclic N) is 1. The number of ketones is 1. The molecule has 0 aliphatic carbocycles. The molecule has 2 heterocycles. The number of hydrogen-bond donors (Lipinski definition) is 14. The van der Waals surface area contributed by atoms with Gasteiger partial charge in [-0.05, 0) is 62.6 Å². The number of carbonyl (C=O) groups excluding carboxylic acids is 8. The zero-order chi connectivity index (χ0) is 59.3. The third kappa shape index (κ3) is 21.2. The Labute approximate surface area is 462 Å². The molecule has 1 aromatic carbocycles. The quantitative estimate of drug-likeness (QED) is 0.0268. The van der Waals surface area contributed by atoms with Crippen molar-refractivity contribution in [2.75, 3.05) is 26.2 Å². The van der Waals surface area contributed by atoms with E-state index in [0.29, 0.717) is 24.7 Å². The summed E-state index contributed by atoms with van der Waals surface area (Å²) in [5.41, 5.74) is 11.0. The molecule has 2 aliphatic heterocycles. The van der Waals surface area contributed by atoms with Crippen molar-refractivity contribution in [1.82, 2.24) is 31.1 Å². The predicted molar refractivity (Wildman–Crippen MR) is 286 cm³/mol. The van der Waals surface area contributed by atoms with E-state index in [2.05, 4.69) is 42.0 Å². The summed E-state index contributed by atoms with van der Waals surface area (Å²) in [6.45, 7) is 9.16. The molecule has 7 amide bonds. The number of Topliss-reactive ketones (excluding diaryl/α,β-unsaturated/α-hetero) is 1. The summed E-state index contributed by atoms with van der Waals surface area (Å²) in [5.74, 6) is -7.44. The van der Waals surface area contributed by atoms with Crippen LogP contribution in [0.3, 0.4) is 0 Å².